The predicted octanol–water partition coefficient (Wildman–Crippen LogP) is 0.618. The van der Waals surface area contributed by atoms with Crippen molar-refractivity contribution in [2.45, 2.75) is 6.54 Å². The molecule has 3 nitrogen and oxygen atoms in total. The summed E-state index contributed by atoms with van der Waals surface area (Å²) in [5, 5.41) is 2.96. The van der Waals surface area contributed by atoms with Crippen LogP contribution in [0.3, 0.4) is 0 Å². The van der Waals surface area contributed by atoms with Crippen molar-refractivity contribution in [3.05, 3.63) is 24.3 Å². The van der Waals surface area contributed by atoms with E-state index in [0.29, 0.717) is 0 Å². The van der Waals surface area contributed by atoms with Crippen LogP contribution in [0.5, 0.6) is 0 Å². The van der Waals surface area contributed by atoms with Crippen LogP contribution >= 0.6 is 12.4 Å². The molecule has 10 heavy (non-hydrogen) atoms. The Balaban J connectivity index is 0.000000810. The van der Waals surface area contributed by atoms with Crippen molar-refractivity contribution < 1.29 is 0 Å². The van der Waals surface area contributed by atoms with Crippen LogP contribution in [0.4, 0.5) is 0 Å². The van der Waals surface area contributed by atoms with E-state index in [2.05, 4.69) is 15.3 Å². The van der Waals surface area contributed by atoms with E-state index < -0.39 is 0 Å². The predicted molar refractivity (Wildman–Crippen MR) is 42.0 cm³/mol. The fourth-order valence-electron chi connectivity index (χ4n) is 0.579. The first kappa shape index (κ1) is 9.33. The van der Waals surface area contributed by atoms with Gasteiger partial charge in [-0.3, -0.25) is 0 Å². The highest BCUT2D eigenvalue weighted by molar-refractivity contribution is 5.85. The summed E-state index contributed by atoms with van der Waals surface area (Å²) in [4.78, 5) is 7.99. The Hall–Kier alpha value is -0.670. The summed E-state index contributed by atoms with van der Waals surface area (Å²) in [5.41, 5.74) is 0. The first-order valence-electron chi connectivity index (χ1n) is 2.84. The lowest BCUT2D eigenvalue weighted by Crippen LogP contribution is -2.07. The standard InChI is InChI=1S/C6H9N3.ClH/c1-7-5-6-8-3-2-4-9-6;/h2-4,7H,5H2,1H3;1H. The van der Waals surface area contributed by atoms with Gasteiger partial charge in [0.05, 0.1) is 6.54 Å². The Morgan fingerprint density at radius 3 is 2.50 bits per heavy atom. The largest absolute Gasteiger partial charge is 0.313 e. The van der Waals surface area contributed by atoms with E-state index in [1.165, 1.54) is 0 Å². The highest BCUT2D eigenvalue weighted by Crippen LogP contribution is 1.83. The van der Waals surface area contributed by atoms with Gasteiger partial charge in [-0.15, -0.1) is 12.4 Å². The molecule has 0 radical (unpaired) electrons. The molecule has 0 aliphatic heterocycles. The SMILES string of the molecule is CNCc1ncccn1.Cl. The molecule has 1 aromatic rings. The fraction of sp³-hybridized carbons (Fsp3) is 0.333. The van der Waals surface area contributed by atoms with Crippen molar-refractivity contribution in [2.75, 3.05) is 7.05 Å². The molecule has 0 fully saturated rings. The van der Waals surface area contributed by atoms with Gasteiger partial charge in [0, 0.05) is 12.4 Å². The molecule has 1 aromatic heterocycles. The van der Waals surface area contributed by atoms with Gasteiger partial charge in [-0.1, -0.05) is 0 Å². The molecule has 0 spiro atoms. The lowest BCUT2D eigenvalue weighted by molar-refractivity contribution is 0.758. The quantitative estimate of drug-likeness (QED) is 0.688. The molecule has 0 atom stereocenters. The molecule has 0 aliphatic carbocycles. The lowest BCUT2D eigenvalue weighted by Gasteiger charge is -1.93. The van der Waals surface area contributed by atoms with E-state index in [1.807, 2.05) is 7.05 Å². The number of nitrogens with zero attached hydrogens (tertiary/aromatic N) is 2. The average Bonchev–Trinajstić information content (AvgIpc) is 1.91. The van der Waals surface area contributed by atoms with Gasteiger partial charge in [0.25, 0.3) is 0 Å². The normalized spacial score (nSPS) is 8.50. The zero-order valence-corrected chi connectivity index (χ0v) is 6.56. The van der Waals surface area contributed by atoms with Crippen LogP contribution in [-0.4, -0.2) is 17.0 Å². The molecule has 0 bridgehead atoms. The van der Waals surface area contributed by atoms with Crippen molar-refractivity contribution in [3.8, 4) is 0 Å². The maximum absolute atomic E-state index is 3.99. The van der Waals surface area contributed by atoms with Gasteiger partial charge in [-0.05, 0) is 13.1 Å². The van der Waals surface area contributed by atoms with Crippen LogP contribution in [0.1, 0.15) is 5.82 Å². The number of nitrogens with one attached hydrogen (secondary N) is 1. The summed E-state index contributed by atoms with van der Waals surface area (Å²) >= 11 is 0. The highest BCUT2D eigenvalue weighted by Gasteiger charge is 1.87. The molecule has 56 valence electrons. The molecule has 1 N–H and O–H groups in total. The fourth-order valence-corrected chi connectivity index (χ4v) is 0.579. The van der Waals surface area contributed by atoms with Crippen LogP contribution in [0.15, 0.2) is 18.5 Å². The number of aromatic nitrogens is 2. The first-order chi connectivity index (χ1) is 4.43. The number of hydrogen-bond acceptors (Lipinski definition) is 3. The van der Waals surface area contributed by atoms with E-state index in [9.17, 15) is 0 Å². The Morgan fingerprint density at radius 2 is 2.00 bits per heavy atom. The van der Waals surface area contributed by atoms with Gasteiger partial charge >= 0.3 is 0 Å². The molecule has 0 aliphatic rings. The third-order valence-electron chi connectivity index (χ3n) is 0.954. The van der Waals surface area contributed by atoms with Crippen molar-refractivity contribution >= 4 is 12.4 Å². The van der Waals surface area contributed by atoms with Gasteiger partial charge in [0.2, 0.25) is 0 Å². The minimum absolute atomic E-state index is 0. The van der Waals surface area contributed by atoms with E-state index in [0.717, 1.165) is 12.4 Å². The van der Waals surface area contributed by atoms with Crippen molar-refractivity contribution in [2.24, 2.45) is 0 Å². The maximum Gasteiger partial charge on any atom is 0.141 e. The second kappa shape index (κ2) is 5.14. The van der Waals surface area contributed by atoms with E-state index in [-0.39, 0.29) is 12.4 Å². The minimum Gasteiger partial charge on any atom is -0.313 e. The third kappa shape index (κ3) is 2.75. The van der Waals surface area contributed by atoms with Crippen LogP contribution in [-0.2, 0) is 6.54 Å². The van der Waals surface area contributed by atoms with E-state index in [1.54, 1.807) is 18.5 Å². The van der Waals surface area contributed by atoms with Crippen molar-refractivity contribution in [1.82, 2.24) is 15.3 Å². The molecule has 1 heterocycles. The third-order valence-corrected chi connectivity index (χ3v) is 0.954. The zero-order chi connectivity index (χ0) is 6.53. The van der Waals surface area contributed by atoms with Crippen molar-refractivity contribution in [3.63, 3.8) is 0 Å². The van der Waals surface area contributed by atoms with Gasteiger partial charge in [-0.2, -0.15) is 0 Å². The topological polar surface area (TPSA) is 37.8 Å². The second-order valence-electron chi connectivity index (χ2n) is 1.70. The molecule has 4 heteroatoms. The average molecular weight is 160 g/mol. The van der Waals surface area contributed by atoms with E-state index in [4.69, 9.17) is 0 Å². The lowest BCUT2D eigenvalue weighted by atomic mass is 10.5. The van der Waals surface area contributed by atoms with Gasteiger partial charge in [0.1, 0.15) is 5.82 Å². The van der Waals surface area contributed by atoms with E-state index >= 15 is 0 Å². The van der Waals surface area contributed by atoms with Crippen molar-refractivity contribution in [1.29, 1.82) is 0 Å². The monoisotopic (exact) mass is 159 g/mol. The number of halogens is 1. The smallest absolute Gasteiger partial charge is 0.141 e. The van der Waals surface area contributed by atoms with Gasteiger partial charge in [-0.25, -0.2) is 9.97 Å². The van der Waals surface area contributed by atoms with Crippen LogP contribution < -0.4 is 5.32 Å². The second-order valence-corrected chi connectivity index (χ2v) is 1.70. The molecular weight excluding hydrogens is 150 g/mol. The summed E-state index contributed by atoms with van der Waals surface area (Å²) in [6, 6.07) is 1.80. The van der Waals surface area contributed by atoms with Crippen LogP contribution in [0, 0.1) is 0 Å². The summed E-state index contributed by atoms with van der Waals surface area (Å²) in [7, 11) is 1.87. The molecule has 0 saturated heterocycles. The Bertz CT molecular complexity index is 166. The van der Waals surface area contributed by atoms with Crippen LogP contribution in [0.25, 0.3) is 0 Å². The molecule has 0 unspecified atom stereocenters. The zero-order valence-electron chi connectivity index (χ0n) is 5.74. The van der Waals surface area contributed by atoms with Gasteiger partial charge in [0.15, 0.2) is 0 Å². The molecule has 0 amide bonds. The highest BCUT2D eigenvalue weighted by atomic mass is 35.5. The molecule has 0 saturated carbocycles. The molecular formula is C6H10ClN3. The van der Waals surface area contributed by atoms with Gasteiger partial charge < -0.3 is 5.32 Å². The number of hydrogen-bond donors (Lipinski definition) is 1. The Labute approximate surface area is 66.3 Å². The Morgan fingerprint density at radius 1 is 1.40 bits per heavy atom. The summed E-state index contributed by atoms with van der Waals surface area (Å²) in [6.07, 6.45) is 3.47. The molecule has 0 aromatic carbocycles. The summed E-state index contributed by atoms with van der Waals surface area (Å²) in [6.45, 7) is 0.737. The van der Waals surface area contributed by atoms with Crippen LogP contribution in [0.2, 0.25) is 0 Å². The summed E-state index contributed by atoms with van der Waals surface area (Å²) in [5.74, 6) is 0.833. The minimum atomic E-state index is 0. The number of rotatable bonds is 2. The molecule has 1 rings (SSSR count). The summed E-state index contributed by atoms with van der Waals surface area (Å²) < 4.78 is 0. The Kier molecular flexibility index (Phi) is 4.80. The maximum atomic E-state index is 3.99. The first-order valence-corrected chi connectivity index (χ1v) is 2.84.